The highest BCUT2D eigenvalue weighted by molar-refractivity contribution is 5.78. The Balaban J connectivity index is 1.68. The van der Waals surface area contributed by atoms with E-state index in [9.17, 15) is 9.59 Å². The van der Waals surface area contributed by atoms with Crippen molar-refractivity contribution in [1.82, 2.24) is 14.9 Å². The summed E-state index contributed by atoms with van der Waals surface area (Å²) in [5.41, 5.74) is 1.23. The summed E-state index contributed by atoms with van der Waals surface area (Å²) in [6, 6.07) is 12.5. The average Bonchev–Trinajstić information content (AvgIpc) is 2.68. The van der Waals surface area contributed by atoms with E-state index in [0.29, 0.717) is 28.9 Å². The third-order valence-electron chi connectivity index (χ3n) is 3.98. The molecule has 1 amide bonds. The summed E-state index contributed by atoms with van der Waals surface area (Å²) in [4.78, 5) is 28.8. The summed E-state index contributed by atoms with van der Waals surface area (Å²) >= 11 is 0. The molecule has 1 N–H and O–H groups in total. The summed E-state index contributed by atoms with van der Waals surface area (Å²) in [7, 11) is 3.12. The Morgan fingerprint density at radius 1 is 1.12 bits per heavy atom. The number of fused-ring (bicyclic) bond motifs is 1. The normalized spacial score (nSPS) is 10.5. The zero-order valence-electron chi connectivity index (χ0n) is 14.6. The maximum absolute atomic E-state index is 12.4. The van der Waals surface area contributed by atoms with E-state index in [1.54, 1.807) is 44.6 Å². The van der Waals surface area contributed by atoms with E-state index in [-0.39, 0.29) is 18.0 Å². The molecule has 1 aromatic heterocycles. The summed E-state index contributed by atoms with van der Waals surface area (Å²) in [5.74, 6) is 0.935. The van der Waals surface area contributed by atoms with Crippen molar-refractivity contribution in [2.75, 3.05) is 14.2 Å². The Morgan fingerprint density at radius 3 is 2.65 bits per heavy atom. The number of nitrogens with one attached hydrogen (secondary N) is 1. The van der Waals surface area contributed by atoms with Gasteiger partial charge in [0.05, 0.1) is 31.4 Å². The van der Waals surface area contributed by atoms with Crippen LogP contribution < -0.4 is 20.3 Å². The SMILES string of the molecule is COc1ccc(CNC(=O)Cn2cnc3ccccc3c2=O)cc1OC. The zero-order valence-corrected chi connectivity index (χ0v) is 14.6. The molecule has 0 fully saturated rings. The van der Waals surface area contributed by atoms with Gasteiger partial charge in [0.15, 0.2) is 11.5 Å². The number of para-hydroxylation sites is 1. The van der Waals surface area contributed by atoms with Crippen molar-refractivity contribution in [3.05, 3.63) is 64.7 Å². The highest BCUT2D eigenvalue weighted by Gasteiger charge is 2.09. The average molecular weight is 353 g/mol. The molecule has 0 saturated heterocycles. The molecule has 26 heavy (non-hydrogen) atoms. The topological polar surface area (TPSA) is 82.5 Å². The summed E-state index contributed by atoms with van der Waals surface area (Å²) in [5, 5.41) is 3.28. The standard InChI is InChI=1S/C19H19N3O4/c1-25-16-8-7-13(9-17(16)26-2)10-20-18(23)11-22-12-21-15-6-4-3-5-14(15)19(22)24/h3-9,12H,10-11H2,1-2H3,(H,20,23). The number of ether oxygens (including phenoxy) is 2. The lowest BCUT2D eigenvalue weighted by molar-refractivity contribution is -0.121. The summed E-state index contributed by atoms with van der Waals surface area (Å²) in [6.45, 7) is 0.221. The molecule has 0 aliphatic carbocycles. The van der Waals surface area contributed by atoms with Gasteiger partial charge in [0.25, 0.3) is 5.56 Å². The van der Waals surface area contributed by atoms with Crippen molar-refractivity contribution >= 4 is 16.8 Å². The predicted molar refractivity (Wildman–Crippen MR) is 97.4 cm³/mol. The second-order valence-corrected chi connectivity index (χ2v) is 5.66. The van der Waals surface area contributed by atoms with Gasteiger partial charge < -0.3 is 14.8 Å². The van der Waals surface area contributed by atoms with Crippen LogP contribution in [0.4, 0.5) is 0 Å². The molecule has 0 atom stereocenters. The van der Waals surface area contributed by atoms with Gasteiger partial charge in [-0.2, -0.15) is 0 Å². The number of aromatic nitrogens is 2. The molecule has 1 heterocycles. The van der Waals surface area contributed by atoms with Crippen LogP contribution in [-0.4, -0.2) is 29.7 Å². The Hall–Kier alpha value is -3.35. The van der Waals surface area contributed by atoms with Crippen LogP contribution in [0.2, 0.25) is 0 Å². The van der Waals surface area contributed by atoms with E-state index >= 15 is 0 Å². The van der Waals surface area contributed by atoms with E-state index in [2.05, 4.69) is 10.3 Å². The maximum Gasteiger partial charge on any atom is 0.261 e. The highest BCUT2D eigenvalue weighted by Crippen LogP contribution is 2.27. The Labute approximate surface area is 150 Å². The van der Waals surface area contributed by atoms with Gasteiger partial charge in [-0.1, -0.05) is 18.2 Å². The minimum Gasteiger partial charge on any atom is -0.493 e. The van der Waals surface area contributed by atoms with Crippen molar-refractivity contribution < 1.29 is 14.3 Å². The fourth-order valence-corrected chi connectivity index (χ4v) is 2.62. The van der Waals surface area contributed by atoms with Crippen molar-refractivity contribution in [3.63, 3.8) is 0 Å². The van der Waals surface area contributed by atoms with Gasteiger partial charge in [-0.05, 0) is 29.8 Å². The van der Waals surface area contributed by atoms with Crippen LogP contribution in [0.1, 0.15) is 5.56 Å². The molecule has 0 unspecified atom stereocenters. The molecule has 7 nitrogen and oxygen atoms in total. The van der Waals surface area contributed by atoms with E-state index in [1.165, 1.54) is 10.9 Å². The van der Waals surface area contributed by atoms with Crippen LogP contribution in [-0.2, 0) is 17.9 Å². The Kier molecular flexibility index (Phi) is 5.17. The number of amides is 1. The molecule has 2 aromatic carbocycles. The molecule has 7 heteroatoms. The van der Waals surface area contributed by atoms with Crippen LogP contribution in [0, 0.1) is 0 Å². The number of hydrogen-bond donors (Lipinski definition) is 1. The Morgan fingerprint density at radius 2 is 1.88 bits per heavy atom. The van der Waals surface area contributed by atoms with E-state index in [1.807, 2.05) is 12.1 Å². The van der Waals surface area contributed by atoms with Gasteiger partial charge in [0, 0.05) is 6.54 Å². The van der Waals surface area contributed by atoms with Gasteiger partial charge in [0.2, 0.25) is 5.91 Å². The maximum atomic E-state index is 12.4. The second-order valence-electron chi connectivity index (χ2n) is 5.66. The van der Waals surface area contributed by atoms with Crippen molar-refractivity contribution in [1.29, 1.82) is 0 Å². The van der Waals surface area contributed by atoms with Crippen LogP contribution in [0.15, 0.2) is 53.6 Å². The predicted octanol–water partition coefficient (Wildman–Crippen LogP) is 1.73. The second kappa shape index (κ2) is 7.69. The fourth-order valence-electron chi connectivity index (χ4n) is 2.62. The molecular formula is C19H19N3O4. The molecule has 134 valence electrons. The van der Waals surface area contributed by atoms with Crippen LogP contribution >= 0.6 is 0 Å². The number of methoxy groups -OCH3 is 2. The van der Waals surface area contributed by atoms with Crippen molar-refractivity contribution in [2.45, 2.75) is 13.1 Å². The van der Waals surface area contributed by atoms with Gasteiger partial charge in [-0.25, -0.2) is 4.98 Å². The van der Waals surface area contributed by atoms with E-state index in [0.717, 1.165) is 5.56 Å². The van der Waals surface area contributed by atoms with Gasteiger partial charge in [0.1, 0.15) is 6.54 Å². The molecule has 0 aliphatic rings. The monoisotopic (exact) mass is 353 g/mol. The zero-order chi connectivity index (χ0) is 18.5. The van der Waals surface area contributed by atoms with Crippen LogP contribution in [0.25, 0.3) is 10.9 Å². The molecule has 0 spiro atoms. The number of rotatable bonds is 6. The fraction of sp³-hybridized carbons (Fsp3) is 0.211. The molecule has 0 bridgehead atoms. The first-order chi connectivity index (χ1) is 12.6. The van der Waals surface area contributed by atoms with Crippen LogP contribution in [0.3, 0.4) is 0 Å². The number of nitrogens with zero attached hydrogens (tertiary/aromatic N) is 2. The third kappa shape index (κ3) is 3.66. The quantitative estimate of drug-likeness (QED) is 0.730. The summed E-state index contributed by atoms with van der Waals surface area (Å²) in [6.07, 6.45) is 1.39. The lowest BCUT2D eigenvalue weighted by Crippen LogP contribution is -2.32. The van der Waals surface area contributed by atoms with Gasteiger partial charge in [-0.3, -0.25) is 14.2 Å². The molecule has 0 radical (unpaired) electrons. The first-order valence-electron chi connectivity index (χ1n) is 8.04. The molecule has 3 rings (SSSR count). The highest BCUT2D eigenvalue weighted by atomic mass is 16.5. The van der Waals surface area contributed by atoms with Crippen LogP contribution in [0.5, 0.6) is 11.5 Å². The summed E-state index contributed by atoms with van der Waals surface area (Å²) < 4.78 is 11.7. The smallest absolute Gasteiger partial charge is 0.261 e. The lowest BCUT2D eigenvalue weighted by atomic mass is 10.2. The first kappa shape index (κ1) is 17.5. The van der Waals surface area contributed by atoms with Crippen molar-refractivity contribution in [2.24, 2.45) is 0 Å². The number of hydrogen-bond acceptors (Lipinski definition) is 5. The minimum absolute atomic E-state index is 0.0933. The first-order valence-corrected chi connectivity index (χ1v) is 8.04. The Bertz CT molecular complexity index is 997. The van der Waals surface area contributed by atoms with E-state index in [4.69, 9.17) is 9.47 Å². The third-order valence-corrected chi connectivity index (χ3v) is 3.98. The lowest BCUT2D eigenvalue weighted by Gasteiger charge is -2.11. The van der Waals surface area contributed by atoms with Gasteiger partial charge in [-0.15, -0.1) is 0 Å². The van der Waals surface area contributed by atoms with Gasteiger partial charge >= 0.3 is 0 Å². The number of benzene rings is 2. The molecule has 0 aliphatic heterocycles. The van der Waals surface area contributed by atoms with Crippen molar-refractivity contribution in [3.8, 4) is 11.5 Å². The largest absolute Gasteiger partial charge is 0.493 e. The van der Waals surface area contributed by atoms with E-state index < -0.39 is 0 Å². The minimum atomic E-state index is -0.279. The molecular weight excluding hydrogens is 334 g/mol. The molecule has 0 saturated carbocycles. The number of carbonyl (C=O) groups excluding carboxylic acids is 1. The molecule has 3 aromatic rings. The number of carbonyl (C=O) groups is 1.